The quantitative estimate of drug-likeness (QED) is 0.840. The van der Waals surface area contributed by atoms with Crippen molar-refractivity contribution >= 4 is 27.1 Å². The molecule has 0 saturated carbocycles. The van der Waals surface area contributed by atoms with E-state index >= 15 is 0 Å². The van der Waals surface area contributed by atoms with Gasteiger partial charge < -0.3 is 5.73 Å². The first kappa shape index (κ1) is 14.3. The van der Waals surface area contributed by atoms with E-state index in [9.17, 15) is 8.42 Å². The Bertz CT molecular complexity index is 465. The topological polar surface area (TPSA) is 60.2 Å². The summed E-state index contributed by atoms with van der Waals surface area (Å²) in [6.07, 6.45) is 1.85. The third kappa shape index (κ3) is 3.61. The first-order valence-electron chi connectivity index (χ1n) is 5.65. The SMILES string of the molecule is CCCC(C)CS(=O)(=O)c1c(N)cccc1Cl. The number of sulfone groups is 1. The smallest absolute Gasteiger partial charge is 0.182 e. The second-order valence-corrected chi connectivity index (χ2v) is 6.71. The lowest BCUT2D eigenvalue weighted by Gasteiger charge is -2.13. The summed E-state index contributed by atoms with van der Waals surface area (Å²) in [6, 6.07) is 4.75. The second kappa shape index (κ2) is 5.74. The Morgan fingerprint density at radius 2 is 2.06 bits per heavy atom. The molecule has 0 saturated heterocycles. The molecule has 1 rings (SSSR count). The Morgan fingerprint density at radius 1 is 1.41 bits per heavy atom. The summed E-state index contributed by atoms with van der Waals surface area (Å²) in [6.45, 7) is 3.96. The van der Waals surface area contributed by atoms with Crippen molar-refractivity contribution in [3.8, 4) is 0 Å². The molecule has 96 valence electrons. The molecule has 0 fully saturated rings. The van der Waals surface area contributed by atoms with Gasteiger partial charge in [0.05, 0.1) is 16.5 Å². The molecule has 2 N–H and O–H groups in total. The monoisotopic (exact) mass is 275 g/mol. The second-order valence-electron chi connectivity index (χ2n) is 4.33. The molecule has 0 bridgehead atoms. The minimum atomic E-state index is -3.40. The minimum absolute atomic E-state index is 0.0737. The molecule has 1 aromatic rings. The lowest BCUT2D eigenvalue weighted by Crippen LogP contribution is -2.16. The standard InChI is InChI=1S/C12H18ClNO2S/c1-3-5-9(2)8-17(15,16)12-10(13)6-4-7-11(12)14/h4,6-7,9H,3,5,8,14H2,1-2H3. The highest BCUT2D eigenvalue weighted by Gasteiger charge is 2.23. The normalized spacial score (nSPS) is 13.6. The molecule has 3 nitrogen and oxygen atoms in total. The van der Waals surface area contributed by atoms with Gasteiger partial charge in [0.1, 0.15) is 4.90 Å². The maximum Gasteiger partial charge on any atom is 0.182 e. The van der Waals surface area contributed by atoms with Crippen molar-refractivity contribution in [3.05, 3.63) is 23.2 Å². The number of nitrogen functional groups attached to an aromatic ring is 1. The molecule has 1 atom stereocenters. The molecule has 0 radical (unpaired) electrons. The highest BCUT2D eigenvalue weighted by Crippen LogP contribution is 2.29. The largest absolute Gasteiger partial charge is 0.398 e. The zero-order chi connectivity index (χ0) is 13.1. The van der Waals surface area contributed by atoms with Crippen molar-refractivity contribution < 1.29 is 8.42 Å². The van der Waals surface area contributed by atoms with E-state index < -0.39 is 9.84 Å². The Labute approximate surface area is 108 Å². The van der Waals surface area contributed by atoms with Gasteiger partial charge in [0, 0.05) is 0 Å². The van der Waals surface area contributed by atoms with Crippen molar-refractivity contribution in [2.24, 2.45) is 5.92 Å². The van der Waals surface area contributed by atoms with E-state index in [1.54, 1.807) is 18.2 Å². The summed E-state index contributed by atoms with van der Waals surface area (Å²) in [7, 11) is -3.40. The maximum atomic E-state index is 12.2. The average Bonchev–Trinajstić information content (AvgIpc) is 2.15. The molecule has 0 aliphatic carbocycles. The summed E-state index contributed by atoms with van der Waals surface area (Å²) in [4.78, 5) is 0.0737. The highest BCUT2D eigenvalue weighted by molar-refractivity contribution is 7.91. The van der Waals surface area contributed by atoms with Crippen LogP contribution in [0.4, 0.5) is 5.69 Å². The molecular formula is C12H18ClNO2S. The third-order valence-electron chi connectivity index (χ3n) is 2.59. The van der Waals surface area contributed by atoms with Gasteiger partial charge in [0.15, 0.2) is 9.84 Å². The van der Waals surface area contributed by atoms with E-state index in [0.29, 0.717) is 0 Å². The van der Waals surface area contributed by atoms with Crippen LogP contribution in [0.5, 0.6) is 0 Å². The highest BCUT2D eigenvalue weighted by atomic mass is 35.5. The zero-order valence-electron chi connectivity index (χ0n) is 10.1. The Kier molecular flexibility index (Phi) is 4.83. The van der Waals surface area contributed by atoms with Crippen molar-refractivity contribution in [2.45, 2.75) is 31.6 Å². The van der Waals surface area contributed by atoms with Gasteiger partial charge >= 0.3 is 0 Å². The fourth-order valence-electron chi connectivity index (χ4n) is 1.89. The Morgan fingerprint density at radius 3 is 2.59 bits per heavy atom. The molecular weight excluding hydrogens is 258 g/mol. The van der Waals surface area contributed by atoms with Gasteiger partial charge in [-0.15, -0.1) is 0 Å². The summed E-state index contributed by atoms with van der Waals surface area (Å²) < 4.78 is 24.4. The molecule has 0 spiro atoms. The summed E-state index contributed by atoms with van der Waals surface area (Å²) >= 11 is 5.92. The van der Waals surface area contributed by atoms with E-state index in [-0.39, 0.29) is 27.3 Å². The lowest BCUT2D eigenvalue weighted by molar-refractivity contribution is 0.545. The van der Waals surface area contributed by atoms with Crippen molar-refractivity contribution in [1.29, 1.82) is 0 Å². The fraction of sp³-hybridized carbons (Fsp3) is 0.500. The van der Waals surface area contributed by atoms with Crippen LogP contribution >= 0.6 is 11.6 Å². The number of halogens is 1. The molecule has 0 aliphatic rings. The summed E-state index contributed by atoms with van der Waals surface area (Å²) in [5.74, 6) is 0.204. The first-order chi connectivity index (χ1) is 7.88. The molecule has 0 aromatic heterocycles. The van der Waals surface area contributed by atoms with Crippen molar-refractivity contribution in [3.63, 3.8) is 0 Å². The molecule has 1 aromatic carbocycles. The van der Waals surface area contributed by atoms with Crippen LogP contribution in [0.25, 0.3) is 0 Å². The zero-order valence-corrected chi connectivity index (χ0v) is 11.7. The van der Waals surface area contributed by atoms with Gasteiger partial charge in [-0.1, -0.05) is 37.9 Å². The molecule has 0 aliphatic heterocycles. The lowest BCUT2D eigenvalue weighted by atomic mass is 10.1. The Balaban J connectivity index is 3.06. The molecule has 5 heteroatoms. The summed E-state index contributed by atoms with van der Waals surface area (Å²) in [5, 5.41) is 0.202. The van der Waals surface area contributed by atoms with E-state index in [0.717, 1.165) is 12.8 Å². The van der Waals surface area contributed by atoms with Gasteiger partial charge in [0.25, 0.3) is 0 Å². The predicted molar refractivity (Wildman–Crippen MR) is 72.0 cm³/mol. The van der Waals surface area contributed by atoms with Gasteiger partial charge in [-0.3, -0.25) is 0 Å². The number of hydrogen-bond donors (Lipinski definition) is 1. The van der Waals surface area contributed by atoms with Gasteiger partial charge in [0.2, 0.25) is 0 Å². The maximum absolute atomic E-state index is 12.2. The van der Waals surface area contributed by atoms with Crippen LogP contribution in [0.15, 0.2) is 23.1 Å². The molecule has 17 heavy (non-hydrogen) atoms. The van der Waals surface area contributed by atoms with Crippen LogP contribution in [-0.2, 0) is 9.84 Å². The predicted octanol–water partition coefficient (Wildman–Crippen LogP) is 3.13. The number of nitrogens with two attached hydrogens (primary N) is 1. The van der Waals surface area contributed by atoms with Crippen LogP contribution in [0, 0.1) is 5.92 Å². The van der Waals surface area contributed by atoms with Crippen LogP contribution in [0.2, 0.25) is 5.02 Å². The average molecular weight is 276 g/mol. The van der Waals surface area contributed by atoms with E-state index in [2.05, 4.69) is 0 Å². The number of benzene rings is 1. The van der Waals surface area contributed by atoms with Gasteiger partial charge in [-0.25, -0.2) is 8.42 Å². The number of hydrogen-bond acceptors (Lipinski definition) is 3. The first-order valence-corrected chi connectivity index (χ1v) is 7.68. The fourth-order valence-corrected chi connectivity index (χ4v) is 4.30. The van der Waals surface area contributed by atoms with Gasteiger partial charge in [-0.2, -0.15) is 0 Å². The van der Waals surface area contributed by atoms with Crippen LogP contribution < -0.4 is 5.73 Å². The molecule has 0 heterocycles. The van der Waals surface area contributed by atoms with E-state index in [1.165, 1.54) is 0 Å². The van der Waals surface area contributed by atoms with Crippen molar-refractivity contribution in [2.75, 3.05) is 11.5 Å². The third-order valence-corrected chi connectivity index (χ3v) is 5.11. The van der Waals surface area contributed by atoms with E-state index in [4.69, 9.17) is 17.3 Å². The summed E-state index contributed by atoms with van der Waals surface area (Å²) in [5.41, 5.74) is 5.92. The van der Waals surface area contributed by atoms with Gasteiger partial charge in [-0.05, 0) is 24.5 Å². The number of anilines is 1. The van der Waals surface area contributed by atoms with Crippen LogP contribution in [-0.4, -0.2) is 14.2 Å². The molecule has 1 unspecified atom stereocenters. The number of rotatable bonds is 5. The van der Waals surface area contributed by atoms with Crippen molar-refractivity contribution in [1.82, 2.24) is 0 Å². The van der Waals surface area contributed by atoms with Crippen LogP contribution in [0.3, 0.4) is 0 Å². The van der Waals surface area contributed by atoms with Crippen LogP contribution in [0.1, 0.15) is 26.7 Å². The Hall–Kier alpha value is -0.740. The minimum Gasteiger partial charge on any atom is -0.398 e. The molecule has 0 amide bonds. The van der Waals surface area contributed by atoms with E-state index in [1.807, 2.05) is 13.8 Å².